The van der Waals surface area contributed by atoms with Crippen LogP contribution >= 0.6 is 17.0 Å². The predicted molar refractivity (Wildman–Crippen MR) is 217 cm³/mol. The number of hydrogen-bond acceptors (Lipinski definition) is 9. The summed E-state index contributed by atoms with van der Waals surface area (Å²) in [6, 6.07) is 27.5. The zero-order valence-corrected chi connectivity index (χ0v) is 30.5. The van der Waals surface area contributed by atoms with Gasteiger partial charge in [-0.05, 0) is 55.6 Å². The van der Waals surface area contributed by atoms with Crippen LogP contribution in [-0.4, -0.2) is 143 Å². The van der Waals surface area contributed by atoms with Gasteiger partial charge in [0.15, 0.2) is 0 Å². The summed E-state index contributed by atoms with van der Waals surface area (Å²) in [5.74, 6) is -0.229. The number of phenolic OH excluding ortho intramolecular Hbond substituents is 1. The van der Waals surface area contributed by atoms with Gasteiger partial charge in [-0.15, -0.1) is 17.0 Å². The molecule has 7 aromatic rings. The third-order valence-corrected chi connectivity index (χ3v) is 9.98. The van der Waals surface area contributed by atoms with Gasteiger partial charge in [-0.1, -0.05) is 71.8 Å². The van der Waals surface area contributed by atoms with Crippen molar-refractivity contribution in [2.45, 2.75) is 28.5 Å². The van der Waals surface area contributed by atoms with Crippen LogP contribution < -0.4 is 0 Å². The number of benzene rings is 5. The maximum absolute atomic E-state index is 12.0. The number of aromatic nitrogens is 2. The van der Waals surface area contributed by atoms with Gasteiger partial charge in [-0.2, -0.15) is 25.3 Å². The molecule has 0 aliphatic carbocycles. The molecule has 0 aliphatic rings. The second-order valence-corrected chi connectivity index (χ2v) is 14.5. The van der Waals surface area contributed by atoms with E-state index in [1.54, 1.807) is 24.8 Å². The second kappa shape index (κ2) is 22.3. The Hall–Kier alpha value is -1.55. The van der Waals surface area contributed by atoms with Crippen molar-refractivity contribution < 1.29 is 44.0 Å². The second-order valence-electron chi connectivity index (χ2n) is 10.4. The van der Waals surface area contributed by atoms with Crippen LogP contribution in [0.2, 0.25) is 0 Å². The van der Waals surface area contributed by atoms with Gasteiger partial charge in [-0.25, -0.2) is 0 Å². The number of aryl methyl sites for hydroxylation is 2. The Morgan fingerprint density at radius 1 is 0.453 bits per heavy atom. The summed E-state index contributed by atoms with van der Waals surface area (Å²) in [5, 5.41) is 9.89. The molecule has 268 valence electrons. The summed E-state index contributed by atoms with van der Waals surface area (Å²) < 4.78 is 101. The molecule has 0 fully saturated rings. The first-order valence-corrected chi connectivity index (χ1v) is 18.5. The van der Waals surface area contributed by atoms with Crippen LogP contribution in [0.5, 0.6) is 5.75 Å². The van der Waals surface area contributed by atoms with E-state index in [0.29, 0.717) is 5.39 Å². The summed E-state index contributed by atoms with van der Waals surface area (Å²) in [6.07, 6.45) is 7.00. The molecule has 53 heavy (non-hydrogen) atoms. The summed E-state index contributed by atoms with van der Waals surface area (Å²) in [7, 11) is -16.4. The normalized spacial score (nSPS) is 10.7. The van der Waals surface area contributed by atoms with E-state index in [1.807, 2.05) is 36.4 Å². The van der Waals surface area contributed by atoms with Gasteiger partial charge in [0.05, 0.1) is 0 Å². The van der Waals surface area contributed by atoms with Crippen molar-refractivity contribution in [3.63, 3.8) is 0 Å². The molecule has 2 aromatic heterocycles. The van der Waals surface area contributed by atoms with E-state index >= 15 is 0 Å². The molecule has 19 heteroatoms. The maximum atomic E-state index is 12.0. The Morgan fingerprint density at radius 2 is 0.792 bits per heavy atom. The smallest absolute Gasteiger partial charge is 0.0267 e. The van der Waals surface area contributed by atoms with Gasteiger partial charge < -0.3 is 5.11 Å². The summed E-state index contributed by atoms with van der Waals surface area (Å²) in [4.78, 5) is 3.09. The van der Waals surface area contributed by atoms with Gasteiger partial charge in [-0.3, -0.25) is 23.6 Å². The first-order valence-electron chi connectivity index (χ1n) is 14.1. The number of aromatic hydroxyl groups is 1. The molecular weight excluding hydrogens is 841 g/mol. The topological polar surface area (TPSA) is 209 Å². The van der Waals surface area contributed by atoms with Crippen LogP contribution in [0.1, 0.15) is 11.1 Å². The van der Waals surface area contributed by atoms with E-state index in [-0.39, 0.29) is 128 Å². The number of nitrogens with zero attached hydrogens (tertiary/aromatic N) is 2. The zero-order valence-electron chi connectivity index (χ0n) is 26.3. The Balaban J connectivity index is 0.000000919. The molecule has 0 saturated carbocycles. The molecule has 0 aliphatic heterocycles. The largest absolute Gasteiger partial charge is 0.265 e. The Kier molecular flexibility index (Phi) is 21.6. The van der Waals surface area contributed by atoms with Gasteiger partial charge in [0, 0.05) is 51.7 Å². The Morgan fingerprint density at radius 3 is 1.11 bits per heavy atom. The van der Waals surface area contributed by atoms with Crippen molar-refractivity contribution in [1.29, 1.82) is 0 Å². The van der Waals surface area contributed by atoms with Gasteiger partial charge in [0.2, 0.25) is 0 Å². The van der Waals surface area contributed by atoms with Crippen molar-refractivity contribution in [2.75, 3.05) is 0 Å². The number of rotatable bonds is 3. The summed E-state index contributed by atoms with van der Waals surface area (Å²) >= 11 is 0. The number of halogens is 1. The minimum atomic E-state index is -5.56. The van der Waals surface area contributed by atoms with Crippen molar-refractivity contribution in [3.05, 3.63) is 133 Å². The number of pyridine rings is 2. The average molecular weight is 876 g/mol. The molecule has 4 N–H and O–H groups in total. The van der Waals surface area contributed by atoms with E-state index in [9.17, 15) is 44.0 Å². The molecule has 0 amide bonds. The van der Waals surface area contributed by atoms with Crippen LogP contribution in [0.4, 0.5) is 0 Å². The van der Waals surface area contributed by atoms with Crippen LogP contribution in [0, 0.1) is 13.8 Å². The van der Waals surface area contributed by atoms with Crippen molar-refractivity contribution in [3.8, 4) is 5.75 Å². The summed E-state index contributed by atoms with van der Waals surface area (Å²) in [6.45, 7) is 4.19. The zero-order chi connectivity index (χ0) is 36.0. The first-order chi connectivity index (χ1) is 23.0. The van der Waals surface area contributed by atoms with Gasteiger partial charge >= 0.3 is 88.7 Å². The molecule has 0 unspecified atom stereocenters. The van der Waals surface area contributed by atoms with E-state index in [1.165, 1.54) is 35.4 Å². The minimum Gasteiger partial charge on any atom is -0.265 e. The molecule has 5 aromatic carbocycles. The fraction of sp³-hybridized carbons (Fsp3) is 0.0588. The first kappa shape index (κ1) is 51.5. The summed E-state index contributed by atoms with van der Waals surface area (Å²) in [5.41, 5.74) is 2.66. The minimum absolute atomic E-state index is 0. The molecule has 0 saturated heterocycles. The Labute approximate surface area is 384 Å². The van der Waals surface area contributed by atoms with Gasteiger partial charge in [0.25, 0.3) is 30.4 Å². The van der Waals surface area contributed by atoms with Gasteiger partial charge in [0.1, 0.15) is 20.4 Å². The third kappa shape index (κ3) is 13.6. The van der Waals surface area contributed by atoms with Crippen molar-refractivity contribution in [1.82, 2.24) is 9.97 Å². The van der Waals surface area contributed by atoms with E-state index in [2.05, 4.69) is 48.1 Å². The molecule has 12 nitrogen and oxygen atoms in total. The molecule has 0 radical (unpaired) electrons. The average Bonchev–Trinajstić information content (AvgIpc) is 3.06. The van der Waals surface area contributed by atoms with Crippen LogP contribution in [0.25, 0.3) is 32.3 Å². The van der Waals surface area contributed by atoms with E-state index in [0.717, 1.165) is 12.1 Å². The maximum Gasteiger partial charge on any atom is 0.0267 e. The fourth-order valence-corrected chi connectivity index (χ4v) is 8.45. The van der Waals surface area contributed by atoms with E-state index in [4.69, 9.17) is 0 Å². The van der Waals surface area contributed by atoms with Crippen LogP contribution in [-0.2, 0) is 30.4 Å². The molecular formula is C34H34BrN2Na3O10S3. The molecule has 0 bridgehead atoms. The van der Waals surface area contributed by atoms with Crippen molar-refractivity contribution >= 4 is 168 Å². The molecule has 2 heterocycles. The quantitative estimate of drug-likeness (QED) is 0.104. The SMILES string of the molecule is Br.Cc1ccc(C)cc1.O=S(=O)(O)c1c(S(=O)(=O)O)c2ccc3ccc(O)c4ccc(c1S(=O)(=O)O)c2c34.[NaH].[NaH].[NaH].c1ccncc1.c1ccncc1. The number of phenols is 1. The molecule has 0 spiro atoms. The molecule has 7 rings (SSSR count). The van der Waals surface area contributed by atoms with Crippen molar-refractivity contribution in [2.24, 2.45) is 0 Å². The third-order valence-electron chi connectivity index (χ3n) is 6.92. The number of hydrogen-bond donors (Lipinski definition) is 4. The van der Waals surface area contributed by atoms with Crippen LogP contribution in [0.15, 0.2) is 137 Å². The monoisotopic (exact) mass is 874 g/mol. The Bertz CT molecular complexity index is 2390. The standard InChI is InChI=1S/C16H10O10S3.C8H10.2C5H5N.BrH.3Na.3H/c17-11-6-2-7-1-3-9-13-10(5-4-8(11)12(7)13)15(28(21,22)23)16(29(24,25)26)14(9)27(18,19)20;1-7-3-5-8(2)6-4-7;2*1-2-4-6-5-3-1;;;;;;;/h1-6,17H,(H,18,19,20)(H,21,22,23)(H,24,25,26);3-6H,1-2H3;2*1-5H;1H;;;;;;. The molecule has 0 atom stereocenters. The fourth-order valence-electron chi connectivity index (χ4n) is 4.87. The van der Waals surface area contributed by atoms with E-state index < -0.39 is 55.8 Å². The predicted octanol–water partition coefficient (Wildman–Crippen LogP) is 5.13. The van der Waals surface area contributed by atoms with Crippen LogP contribution in [0.3, 0.4) is 0 Å².